The molecule has 4 nitrogen and oxygen atoms in total. The van der Waals surface area contributed by atoms with Crippen molar-refractivity contribution >= 4 is 29.1 Å². The van der Waals surface area contributed by atoms with E-state index in [2.05, 4.69) is 0 Å². The number of hydrogen-bond donors (Lipinski definition) is 2. The number of phenolic OH excluding ortho intramolecular Hbond substituents is 1. The van der Waals surface area contributed by atoms with Gasteiger partial charge in [-0.25, -0.2) is 0 Å². The molecule has 3 N–H and O–H groups in total. The van der Waals surface area contributed by atoms with Gasteiger partial charge in [0.25, 0.3) is 0 Å². The van der Waals surface area contributed by atoms with Crippen LogP contribution in [0.4, 0.5) is 0 Å². The Morgan fingerprint density at radius 3 is 2.63 bits per heavy atom. The lowest BCUT2D eigenvalue weighted by Crippen LogP contribution is -2.33. The number of halogens is 2. The summed E-state index contributed by atoms with van der Waals surface area (Å²) in [6, 6.07) is 4.71. The number of hydrogen-bond acceptors (Lipinski definition) is 3. The van der Waals surface area contributed by atoms with Crippen molar-refractivity contribution in [3.8, 4) is 5.75 Å². The molecule has 0 saturated carbocycles. The van der Waals surface area contributed by atoms with E-state index < -0.39 is 0 Å². The first-order valence-electron chi connectivity index (χ1n) is 6.19. The van der Waals surface area contributed by atoms with Gasteiger partial charge in [0, 0.05) is 12.6 Å². The van der Waals surface area contributed by atoms with Crippen molar-refractivity contribution in [1.29, 1.82) is 0 Å². The van der Waals surface area contributed by atoms with Gasteiger partial charge >= 0.3 is 0 Å². The first kappa shape index (κ1) is 14.4. The predicted molar refractivity (Wildman–Crippen MR) is 75.5 cm³/mol. The molecule has 1 amide bonds. The number of nitrogens with two attached hydrogens (primary N) is 1. The van der Waals surface area contributed by atoms with E-state index in [9.17, 15) is 4.79 Å². The monoisotopic (exact) mass is 302 g/mol. The van der Waals surface area contributed by atoms with Crippen LogP contribution in [0.25, 0.3) is 0 Å². The van der Waals surface area contributed by atoms with Crippen LogP contribution in [0.3, 0.4) is 0 Å². The molecule has 0 aromatic heterocycles. The molecular formula is C13H16Cl2N2O2. The van der Waals surface area contributed by atoms with Gasteiger partial charge < -0.3 is 15.7 Å². The summed E-state index contributed by atoms with van der Waals surface area (Å²) in [7, 11) is 0. The van der Waals surface area contributed by atoms with Crippen LogP contribution < -0.4 is 5.73 Å². The van der Waals surface area contributed by atoms with Crippen LogP contribution in [-0.4, -0.2) is 34.5 Å². The minimum Gasteiger partial charge on any atom is -0.508 e. The molecule has 2 aliphatic rings. The van der Waals surface area contributed by atoms with Crippen molar-refractivity contribution in [2.75, 3.05) is 6.54 Å². The molecule has 2 atom stereocenters. The second-order valence-electron chi connectivity index (χ2n) is 4.77. The number of aromatic hydroxyl groups is 1. The van der Waals surface area contributed by atoms with Crippen molar-refractivity contribution in [3.05, 3.63) is 28.2 Å². The van der Waals surface area contributed by atoms with E-state index in [0.29, 0.717) is 16.1 Å². The third-order valence-corrected chi connectivity index (χ3v) is 4.15. The lowest BCUT2D eigenvalue weighted by molar-refractivity contribution is -0.128. The van der Waals surface area contributed by atoms with Crippen LogP contribution in [0.15, 0.2) is 18.2 Å². The topological polar surface area (TPSA) is 66.6 Å². The smallest absolute Gasteiger partial charge is 0.239 e. The Morgan fingerprint density at radius 1 is 1.32 bits per heavy atom. The van der Waals surface area contributed by atoms with Crippen molar-refractivity contribution in [1.82, 2.24) is 4.90 Å². The highest BCUT2D eigenvalue weighted by atomic mass is 35.5. The molecule has 6 heteroatoms. The lowest BCUT2D eigenvalue weighted by atomic mass is 10.1. The maximum absolute atomic E-state index is 11.2. The number of phenols is 1. The molecule has 2 heterocycles. The molecule has 3 rings (SSSR count). The van der Waals surface area contributed by atoms with E-state index in [1.165, 1.54) is 25.0 Å². The maximum atomic E-state index is 11.2. The second kappa shape index (κ2) is 5.99. The zero-order chi connectivity index (χ0) is 14.0. The fraction of sp³-hybridized carbons (Fsp3) is 0.462. The fourth-order valence-electron chi connectivity index (χ4n) is 2.46. The maximum Gasteiger partial charge on any atom is 0.239 e. The molecule has 2 fully saturated rings. The predicted octanol–water partition coefficient (Wildman–Crippen LogP) is 2.41. The molecule has 0 aliphatic carbocycles. The third-order valence-electron chi connectivity index (χ3n) is 3.41. The van der Waals surface area contributed by atoms with Crippen LogP contribution in [-0.2, 0) is 4.79 Å². The Hall–Kier alpha value is -0.970. The molecule has 104 valence electrons. The van der Waals surface area contributed by atoms with Gasteiger partial charge in [0.2, 0.25) is 5.91 Å². The Balaban J connectivity index is 0.000000141. The molecule has 1 aromatic carbocycles. The summed E-state index contributed by atoms with van der Waals surface area (Å²) in [5.41, 5.74) is 5.58. The zero-order valence-corrected chi connectivity index (χ0v) is 11.9. The summed E-state index contributed by atoms with van der Waals surface area (Å²) in [4.78, 5) is 13.1. The molecule has 0 spiro atoms. The number of carbonyl (C=O) groups excluding carboxylic acids is 1. The molecule has 0 radical (unpaired) electrons. The highest BCUT2D eigenvalue weighted by molar-refractivity contribution is 6.42. The summed E-state index contributed by atoms with van der Waals surface area (Å²) < 4.78 is 0. The Bertz CT molecular complexity index is 482. The van der Waals surface area contributed by atoms with E-state index in [1.807, 2.05) is 4.90 Å². The first-order chi connectivity index (χ1) is 8.99. The highest BCUT2D eigenvalue weighted by Gasteiger charge is 2.39. The van der Waals surface area contributed by atoms with Gasteiger partial charge in [0.05, 0.1) is 16.1 Å². The standard InChI is InChI=1S/C7H12N2O.C6H4Cl2O/c8-6-4-5-2-1-3-9(5)7(6)10;7-5-2-1-4(9)3-6(5)8/h5-6H,1-4,8H2;1-3,9H/t5-,6?;/m0./s1. The zero-order valence-electron chi connectivity index (χ0n) is 10.4. The van der Waals surface area contributed by atoms with Crippen LogP contribution in [0.2, 0.25) is 10.0 Å². The number of amides is 1. The third kappa shape index (κ3) is 3.32. The van der Waals surface area contributed by atoms with Gasteiger partial charge in [-0.3, -0.25) is 4.79 Å². The van der Waals surface area contributed by atoms with Crippen molar-refractivity contribution in [2.24, 2.45) is 5.73 Å². The van der Waals surface area contributed by atoms with Crippen LogP contribution >= 0.6 is 23.2 Å². The number of nitrogens with zero attached hydrogens (tertiary/aromatic N) is 1. The van der Waals surface area contributed by atoms with Crippen molar-refractivity contribution < 1.29 is 9.90 Å². The molecule has 2 saturated heterocycles. The lowest BCUT2D eigenvalue weighted by Gasteiger charge is -2.13. The molecule has 0 bridgehead atoms. The second-order valence-corrected chi connectivity index (χ2v) is 5.58. The number of carbonyl (C=O) groups is 1. The molecule has 1 aromatic rings. The van der Waals surface area contributed by atoms with E-state index in [0.717, 1.165) is 13.0 Å². The van der Waals surface area contributed by atoms with E-state index in [1.54, 1.807) is 6.07 Å². The molecule has 19 heavy (non-hydrogen) atoms. The van der Waals surface area contributed by atoms with Gasteiger partial charge in [-0.2, -0.15) is 0 Å². The summed E-state index contributed by atoms with van der Waals surface area (Å²) in [5.74, 6) is 0.298. The average Bonchev–Trinajstić information content (AvgIpc) is 2.91. The number of rotatable bonds is 0. The van der Waals surface area contributed by atoms with Gasteiger partial charge in [-0.05, 0) is 37.5 Å². The summed E-state index contributed by atoms with van der Waals surface area (Å²) >= 11 is 11.1. The SMILES string of the molecule is NC1C[C@@H]2CCCN2C1=O.Oc1ccc(Cl)c(Cl)c1. The Labute approximate surface area is 122 Å². The average molecular weight is 303 g/mol. The van der Waals surface area contributed by atoms with E-state index in [-0.39, 0.29) is 17.7 Å². The van der Waals surface area contributed by atoms with Crippen LogP contribution in [0.5, 0.6) is 5.75 Å². The van der Waals surface area contributed by atoms with Gasteiger partial charge in [0.15, 0.2) is 0 Å². The number of fused-ring (bicyclic) bond motifs is 1. The first-order valence-corrected chi connectivity index (χ1v) is 6.94. The van der Waals surface area contributed by atoms with E-state index >= 15 is 0 Å². The minimum absolute atomic E-state index is 0.129. The van der Waals surface area contributed by atoms with Gasteiger partial charge in [-0.1, -0.05) is 23.2 Å². The molecular weight excluding hydrogens is 287 g/mol. The molecule has 2 aliphatic heterocycles. The minimum atomic E-state index is -0.190. The number of benzene rings is 1. The summed E-state index contributed by atoms with van der Waals surface area (Å²) in [5, 5.41) is 9.62. The fourth-order valence-corrected chi connectivity index (χ4v) is 2.76. The van der Waals surface area contributed by atoms with Crippen LogP contribution in [0, 0.1) is 0 Å². The Morgan fingerprint density at radius 2 is 2.05 bits per heavy atom. The highest BCUT2D eigenvalue weighted by Crippen LogP contribution is 2.27. The quantitative estimate of drug-likeness (QED) is 0.773. The van der Waals surface area contributed by atoms with E-state index in [4.69, 9.17) is 34.0 Å². The Kier molecular flexibility index (Phi) is 4.55. The van der Waals surface area contributed by atoms with Crippen LogP contribution in [0.1, 0.15) is 19.3 Å². The van der Waals surface area contributed by atoms with Crippen molar-refractivity contribution in [3.63, 3.8) is 0 Å². The normalized spacial score (nSPS) is 25.0. The summed E-state index contributed by atoms with van der Waals surface area (Å²) in [6.07, 6.45) is 3.22. The summed E-state index contributed by atoms with van der Waals surface area (Å²) in [6.45, 7) is 0.942. The van der Waals surface area contributed by atoms with Crippen molar-refractivity contribution in [2.45, 2.75) is 31.3 Å². The van der Waals surface area contributed by atoms with Gasteiger partial charge in [0.1, 0.15) is 5.75 Å². The largest absolute Gasteiger partial charge is 0.508 e. The molecule has 1 unspecified atom stereocenters. The van der Waals surface area contributed by atoms with Gasteiger partial charge in [-0.15, -0.1) is 0 Å².